The summed E-state index contributed by atoms with van der Waals surface area (Å²) in [7, 11) is 0. The maximum absolute atomic E-state index is 5.41. The summed E-state index contributed by atoms with van der Waals surface area (Å²) in [6.45, 7) is 8.55. The van der Waals surface area contributed by atoms with Crippen molar-refractivity contribution in [3.8, 4) is 5.88 Å². The van der Waals surface area contributed by atoms with Gasteiger partial charge in [-0.2, -0.15) is 4.98 Å². The van der Waals surface area contributed by atoms with E-state index in [1.165, 1.54) is 4.88 Å². The molecule has 0 radical (unpaired) electrons. The van der Waals surface area contributed by atoms with E-state index in [9.17, 15) is 0 Å². The van der Waals surface area contributed by atoms with E-state index in [2.05, 4.69) is 20.3 Å². The fourth-order valence-electron chi connectivity index (χ4n) is 1.65. The first-order valence-corrected chi connectivity index (χ1v) is 7.07. The first kappa shape index (κ1) is 13.7. The van der Waals surface area contributed by atoms with E-state index in [0.717, 1.165) is 10.7 Å². The largest absolute Gasteiger partial charge is 0.478 e. The van der Waals surface area contributed by atoms with Crippen LogP contribution in [0.5, 0.6) is 5.88 Å². The number of aryl methyl sites for hydroxylation is 2. The highest BCUT2D eigenvalue weighted by atomic mass is 32.1. The number of aromatic nitrogens is 3. The lowest BCUT2D eigenvalue weighted by molar-refractivity contribution is 0.326. The predicted octanol–water partition coefficient (Wildman–Crippen LogP) is 3.12. The zero-order valence-corrected chi connectivity index (χ0v) is 12.4. The van der Waals surface area contributed by atoms with Gasteiger partial charge in [0, 0.05) is 22.8 Å². The van der Waals surface area contributed by atoms with Crippen molar-refractivity contribution in [2.24, 2.45) is 0 Å². The van der Waals surface area contributed by atoms with E-state index in [-0.39, 0.29) is 6.04 Å². The molecule has 0 aliphatic carbocycles. The lowest BCUT2D eigenvalue weighted by Crippen LogP contribution is -2.10. The quantitative estimate of drug-likeness (QED) is 0.910. The molecule has 0 saturated heterocycles. The molecule has 0 aliphatic heterocycles. The summed E-state index contributed by atoms with van der Waals surface area (Å²) in [5.74, 6) is 1.17. The van der Waals surface area contributed by atoms with Crippen LogP contribution in [0.4, 0.5) is 5.95 Å². The smallest absolute Gasteiger partial charge is 0.226 e. The van der Waals surface area contributed by atoms with Crippen molar-refractivity contribution in [2.45, 2.75) is 33.7 Å². The van der Waals surface area contributed by atoms with E-state index in [4.69, 9.17) is 4.74 Å². The number of ether oxygens (including phenoxy) is 1. The van der Waals surface area contributed by atoms with Crippen LogP contribution in [-0.2, 0) is 0 Å². The van der Waals surface area contributed by atoms with Gasteiger partial charge in [-0.3, -0.25) is 0 Å². The molecule has 19 heavy (non-hydrogen) atoms. The summed E-state index contributed by atoms with van der Waals surface area (Å²) < 4.78 is 5.41. The molecule has 2 heterocycles. The van der Waals surface area contributed by atoms with Gasteiger partial charge in [0.1, 0.15) is 5.01 Å². The van der Waals surface area contributed by atoms with Crippen molar-refractivity contribution in [1.29, 1.82) is 0 Å². The Morgan fingerprint density at radius 2 is 2.16 bits per heavy atom. The second-order valence-electron chi connectivity index (χ2n) is 4.28. The Kier molecular flexibility index (Phi) is 4.31. The van der Waals surface area contributed by atoms with Gasteiger partial charge in [0.05, 0.1) is 12.6 Å². The molecule has 1 atom stereocenters. The molecule has 5 nitrogen and oxygen atoms in total. The number of thiazole rings is 1. The highest BCUT2D eigenvalue weighted by Gasteiger charge is 2.11. The van der Waals surface area contributed by atoms with Crippen molar-refractivity contribution in [1.82, 2.24) is 15.0 Å². The highest BCUT2D eigenvalue weighted by molar-refractivity contribution is 7.11. The Labute approximate surface area is 117 Å². The van der Waals surface area contributed by atoms with Crippen molar-refractivity contribution >= 4 is 17.3 Å². The summed E-state index contributed by atoms with van der Waals surface area (Å²) in [5, 5.41) is 4.29. The molecule has 2 rings (SSSR count). The molecule has 102 valence electrons. The Bertz CT molecular complexity index is 555. The van der Waals surface area contributed by atoms with Crippen molar-refractivity contribution in [3.05, 3.63) is 27.8 Å². The lowest BCUT2D eigenvalue weighted by atomic mass is 10.3. The number of anilines is 1. The second kappa shape index (κ2) is 5.97. The van der Waals surface area contributed by atoms with Gasteiger partial charge in [-0.15, -0.1) is 11.3 Å². The minimum Gasteiger partial charge on any atom is -0.478 e. The average molecular weight is 278 g/mol. The molecular weight excluding hydrogens is 260 g/mol. The Balaban J connectivity index is 2.14. The molecular formula is C13H18N4OS. The molecule has 1 N–H and O–H groups in total. The summed E-state index contributed by atoms with van der Waals surface area (Å²) in [6.07, 6.45) is 1.88. The normalized spacial score (nSPS) is 12.2. The number of nitrogens with zero attached hydrogens (tertiary/aromatic N) is 3. The van der Waals surface area contributed by atoms with Gasteiger partial charge < -0.3 is 10.1 Å². The third-order valence-corrected chi connectivity index (χ3v) is 3.57. The monoisotopic (exact) mass is 278 g/mol. The fourth-order valence-corrected chi connectivity index (χ4v) is 2.43. The molecule has 6 heteroatoms. The van der Waals surface area contributed by atoms with Gasteiger partial charge in [0.25, 0.3) is 0 Å². The molecule has 0 amide bonds. The van der Waals surface area contributed by atoms with E-state index < -0.39 is 0 Å². The average Bonchev–Trinajstić information content (AvgIpc) is 2.75. The number of hydrogen-bond acceptors (Lipinski definition) is 6. The predicted molar refractivity (Wildman–Crippen MR) is 76.8 cm³/mol. The second-order valence-corrected chi connectivity index (χ2v) is 5.55. The van der Waals surface area contributed by atoms with Crippen molar-refractivity contribution in [3.63, 3.8) is 0 Å². The summed E-state index contributed by atoms with van der Waals surface area (Å²) in [5.41, 5.74) is 0.878. The molecule has 0 aromatic carbocycles. The zero-order chi connectivity index (χ0) is 13.8. The minimum atomic E-state index is 0.0787. The van der Waals surface area contributed by atoms with Crippen LogP contribution in [-0.4, -0.2) is 21.6 Å². The lowest BCUT2D eigenvalue weighted by Gasteiger charge is -2.12. The highest BCUT2D eigenvalue weighted by Crippen LogP contribution is 2.22. The molecule has 0 saturated carbocycles. The van der Waals surface area contributed by atoms with E-state index in [0.29, 0.717) is 18.4 Å². The topological polar surface area (TPSA) is 59.9 Å². The van der Waals surface area contributed by atoms with E-state index >= 15 is 0 Å². The van der Waals surface area contributed by atoms with Gasteiger partial charge in [0.2, 0.25) is 11.8 Å². The van der Waals surface area contributed by atoms with Gasteiger partial charge in [-0.25, -0.2) is 9.97 Å². The maximum atomic E-state index is 5.41. The molecule has 2 aromatic heterocycles. The Hall–Kier alpha value is -1.69. The SMILES string of the molecule is CCOc1cc(C)nc(NC(C)c2ncc(C)s2)n1. The summed E-state index contributed by atoms with van der Waals surface area (Å²) in [6, 6.07) is 1.90. The molecule has 0 fully saturated rings. The van der Waals surface area contributed by atoms with Crippen LogP contribution in [0.3, 0.4) is 0 Å². The van der Waals surface area contributed by atoms with Crippen LogP contribution in [0, 0.1) is 13.8 Å². The maximum Gasteiger partial charge on any atom is 0.226 e. The summed E-state index contributed by atoms with van der Waals surface area (Å²) >= 11 is 1.67. The van der Waals surface area contributed by atoms with Crippen LogP contribution in [0.2, 0.25) is 0 Å². The van der Waals surface area contributed by atoms with Gasteiger partial charge in [-0.1, -0.05) is 0 Å². The van der Waals surface area contributed by atoms with Crippen LogP contribution < -0.4 is 10.1 Å². The van der Waals surface area contributed by atoms with Crippen LogP contribution in [0.1, 0.15) is 35.5 Å². The molecule has 1 unspecified atom stereocenters. The standard InChI is InChI=1S/C13H18N4OS/c1-5-18-11-6-8(2)15-13(17-11)16-10(4)12-14-7-9(3)19-12/h6-7,10H,5H2,1-4H3,(H,15,16,17). The van der Waals surface area contributed by atoms with Crippen LogP contribution in [0.25, 0.3) is 0 Å². The third-order valence-electron chi connectivity index (χ3n) is 2.48. The first-order chi connectivity index (χ1) is 9.08. The number of hydrogen-bond donors (Lipinski definition) is 1. The number of rotatable bonds is 5. The van der Waals surface area contributed by atoms with E-state index in [1.54, 1.807) is 11.3 Å². The van der Waals surface area contributed by atoms with Crippen LogP contribution >= 0.6 is 11.3 Å². The Morgan fingerprint density at radius 3 is 2.79 bits per heavy atom. The molecule has 2 aromatic rings. The minimum absolute atomic E-state index is 0.0787. The number of nitrogens with one attached hydrogen (secondary N) is 1. The van der Waals surface area contributed by atoms with Gasteiger partial charge in [-0.05, 0) is 27.7 Å². The van der Waals surface area contributed by atoms with Gasteiger partial charge >= 0.3 is 0 Å². The Morgan fingerprint density at radius 1 is 1.37 bits per heavy atom. The summed E-state index contributed by atoms with van der Waals surface area (Å²) in [4.78, 5) is 14.3. The fraction of sp³-hybridized carbons (Fsp3) is 0.462. The van der Waals surface area contributed by atoms with Crippen LogP contribution in [0.15, 0.2) is 12.3 Å². The zero-order valence-electron chi connectivity index (χ0n) is 11.6. The molecule has 0 aliphatic rings. The van der Waals surface area contributed by atoms with Crippen molar-refractivity contribution < 1.29 is 4.74 Å². The molecule has 0 spiro atoms. The third kappa shape index (κ3) is 3.64. The van der Waals surface area contributed by atoms with E-state index in [1.807, 2.05) is 40.0 Å². The first-order valence-electron chi connectivity index (χ1n) is 6.26. The molecule has 0 bridgehead atoms. The van der Waals surface area contributed by atoms with Gasteiger partial charge in [0.15, 0.2) is 0 Å². The van der Waals surface area contributed by atoms with Crippen molar-refractivity contribution in [2.75, 3.05) is 11.9 Å².